The normalized spacial score (nSPS) is 13.0. The molecule has 0 aliphatic rings. The van der Waals surface area contributed by atoms with Crippen molar-refractivity contribution in [3.05, 3.63) is 122 Å². The monoisotopic (exact) mass is 969 g/mol. The predicted octanol–water partition coefficient (Wildman–Crippen LogP) is 19.3. The maximum Gasteiger partial charge on any atom is 0.306 e. The minimum absolute atomic E-state index is 0.0912. The number of rotatable bonds is 50. The van der Waals surface area contributed by atoms with Gasteiger partial charge in [-0.1, -0.05) is 232 Å². The van der Waals surface area contributed by atoms with Gasteiger partial charge < -0.3 is 14.2 Å². The molecule has 0 saturated carbocycles. The van der Waals surface area contributed by atoms with Crippen molar-refractivity contribution in [3.63, 3.8) is 0 Å². The van der Waals surface area contributed by atoms with Crippen molar-refractivity contribution in [1.82, 2.24) is 0 Å². The summed E-state index contributed by atoms with van der Waals surface area (Å²) in [4.78, 5) is 37.8. The Hall–Kier alpha value is -4.19. The van der Waals surface area contributed by atoms with E-state index in [1.165, 1.54) is 44.9 Å². The Morgan fingerprint density at radius 3 is 0.886 bits per heavy atom. The summed E-state index contributed by atoms with van der Waals surface area (Å²) < 4.78 is 16.7. The van der Waals surface area contributed by atoms with Crippen LogP contribution < -0.4 is 0 Å². The van der Waals surface area contributed by atoms with E-state index in [1.54, 1.807) is 0 Å². The summed E-state index contributed by atoms with van der Waals surface area (Å²) in [6, 6.07) is 0. The van der Waals surface area contributed by atoms with E-state index in [0.717, 1.165) is 161 Å². The van der Waals surface area contributed by atoms with Crippen LogP contribution in [0.5, 0.6) is 0 Å². The molecule has 0 spiro atoms. The van der Waals surface area contributed by atoms with E-state index in [9.17, 15) is 14.4 Å². The van der Waals surface area contributed by atoms with E-state index in [4.69, 9.17) is 14.2 Å². The first-order chi connectivity index (χ1) is 34.5. The molecule has 0 aliphatic heterocycles. The molecule has 6 nitrogen and oxygen atoms in total. The first-order valence-corrected chi connectivity index (χ1v) is 28.5. The van der Waals surface area contributed by atoms with Crippen LogP contribution in [0, 0.1) is 0 Å². The molecule has 70 heavy (non-hydrogen) atoms. The minimum Gasteiger partial charge on any atom is -0.462 e. The third-order valence-electron chi connectivity index (χ3n) is 11.7. The molecule has 0 rings (SSSR count). The summed E-state index contributed by atoms with van der Waals surface area (Å²) in [5, 5.41) is 0. The number of carbonyl (C=O) groups excluding carboxylic acids is 3. The van der Waals surface area contributed by atoms with Crippen molar-refractivity contribution in [2.24, 2.45) is 0 Å². The highest BCUT2D eigenvalue weighted by Gasteiger charge is 2.19. The van der Waals surface area contributed by atoms with Gasteiger partial charge in [0, 0.05) is 19.3 Å². The second-order valence-corrected chi connectivity index (χ2v) is 18.5. The third-order valence-corrected chi connectivity index (χ3v) is 11.7. The molecule has 0 fully saturated rings. The topological polar surface area (TPSA) is 78.9 Å². The quantitative estimate of drug-likeness (QED) is 0.0262. The van der Waals surface area contributed by atoms with Gasteiger partial charge in [-0.15, -0.1) is 0 Å². The van der Waals surface area contributed by atoms with Crippen molar-refractivity contribution in [3.8, 4) is 0 Å². The van der Waals surface area contributed by atoms with Crippen LogP contribution in [0.3, 0.4) is 0 Å². The van der Waals surface area contributed by atoms with Crippen LogP contribution in [0.25, 0.3) is 0 Å². The van der Waals surface area contributed by atoms with Crippen LogP contribution in [0.1, 0.15) is 245 Å². The molecule has 1 unspecified atom stereocenters. The van der Waals surface area contributed by atoms with Crippen LogP contribution in [0.4, 0.5) is 0 Å². The Labute approximate surface area is 431 Å². The summed E-state index contributed by atoms with van der Waals surface area (Å²) in [6.45, 7) is 6.39. The van der Waals surface area contributed by atoms with Crippen LogP contribution >= 0.6 is 0 Å². The van der Waals surface area contributed by atoms with E-state index in [1.807, 2.05) is 0 Å². The van der Waals surface area contributed by atoms with Gasteiger partial charge in [-0.05, 0) is 116 Å². The average Bonchev–Trinajstić information content (AvgIpc) is 3.36. The molecule has 0 aromatic heterocycles. The molecule has 396 valence electrons. The Morgan fingerprint density at radius 2 is 0.557 bits per heavy atom. The number of hydrogen-bond donors (Lipinski definition) is 0. The second-order valence-electron chi connectivity index (χ2n) is 18.5. The molecule has 0 bridgehead atoms. The van der Waals surface area contributed by atoms with Crippen LogP contribution in [-0.2, 0) is 28.6 Å². The molecule has 0 aliphatic carbocycles. The van der Waals surface area contributed by atoms with E-state index in [-0.39, 0.29) is 31.1 Å². The minimum atomic E-state index is -0.790. The fourth-order valence-electron chi connectivity index (χ4n) is 7.43. The maximum atomic E-state index is 12.7. The van der Waals surface area contributed by atoms with Crippen molar-refractivity contribution < 1.29 is 28.6 Å². The first-order valence-electron chi connectivity index (χ1n) is 28.5. The van der Waals surface area contributed by atoms with Gasteiger partial charge in [0.15, 0.2) is 6.10 Å². The number of ether oxygens (including phenoxy) is 3. The zero-order valence-electron chi connectivity index (χ0n) is 45.2. The lowest BCUT2D eigenvalue weighted by Crippen LogP contribution is -2.30. The number of carbonyl (C=O) groups is 3. The van der Waals surface area contributed by atoms with Gasteiger partial charge in [0.2, 0.25) is 0 Å². The molecular weight excluding hydrogens is 865 g/mol. The summed E-state index contributed by atoms with van der Waals surface area (Å²) in [5.41, 5.74) is 0. The highest BCUT2D eigenvalue weighted by Crippen LogP contribution is 2.13. The standard InChI is InChI=1S/C64H104O6/c1-4-7-10-13-15-17-19-21-23-25-26-27-28-29-30-31-32-33-34-35-36-37-38-39-41-42-44-46-48-51-54-57-63(66)69-60-61(59-68-62(65)56-53-50-12-9-6-3)70-64(67)58-55-52-49-47-45-43-40-24-22-20-18-16-14-11-8-5-2/h7,10,15,17-18,20-21,23-24,26-27,29-30,32-33,35-36,38-40,61H,4-6,8-9,11-14,16,19,22,25,28,31,34,37,41-60H2,1-3H3/b10-7-,17-15-,20-18-,23-21-,27-26-,30-29-,33-32-,36-35-,39-38-,40-24-. The van der Waals surface area contributed by atoms with Gasteiger partial charge in [0.1, 0.15) is 13.2 Å². The van der Waals surface area contributed by atoms with Gasteiger partial charge in [-0.3, -0.25) is 14.4 Å². The van der Waals surface area contributed by atoms with Gasteiger partial charge in [-0.25, -0.2) is 0 Å². The molecular formula is C64H104O6. The fourth-order valence-corrected chi connectivity index (χ4v) is 7.43. The Balaban J connectivity index is 4.15. The van der Waals surface area contributed by atoms with Crippen molar-refractivity contribution in [1.29, 1.82) is 0 Å². The highest BCUT2D eigenvalue weighted by molar-refractivity contribution is 5.71. The van der Waals surface area contributed by atoms with Crippen LogP contribution in [-0.4, -0.2) is 37.2 Å². The molecule has 6 heteroatoms. The van der Waals surface area contributed by atoms with Crippen LogP contribution in [0.15, 0.2) is 122 Å². The number of esters is 3. The van der Waals surface area contributed by atoms with E-state index >= 15 is 0 Å². The molecule has 0 aromatic rings. The summed E-state index contributed by atoms with van der Waals surface area (Å²) in [6.07, 6.45) is 79.5. The fraction of sp³-hybridized carbons (Fsp3) is 0.641. The smallest absolute Gasteiger partial charge is 0.306 e. The molecule has 0 radical (unpaired) electrons. The number of hydrogen-bond acceptors (Lipinski definition) is 6. The molecule has 1 atom stereocenters. The maximum absolute atomic E-state index is 12.7. The van der Waals surface area contributed by atoms with Gasteiger partial charge in [0.05, 0.1) is 0 Å². The molecule has 0 N–H and O–H groups in total. The van der Waals surface area contributed by atoms with E-state index < -0.39 is 6.10 Å². The van der Waals surface area contributed by atoms with Gasteiger partial charge >= 0.3 is 17.9 Å². The largest absolute Gasteiger partial charge is 0.462 e. The predicted molar refractivity (Wildman–Crippen MR) is 302 cm³/mol. The summed E-state index contributed by atoms with van der Waals surface area (Å²) in [7, 11) is 0. The Morgan fingerprint density at radius 1 is 0.300 bits per heavy atom. The molecule has 0 amide bonds. The molecule has 0 aromatic carbocycles. The Bertz CT molecular complexity index is 1490. The number of unbranched alkanes of at least 4 members (excludes halogenated alkanes) is 19. The summed E-state index contributed by atoms with van der Waals surface area (Å²) in [5.74, 6) is -0.938. The SMILES string of the molecule is CC/C=C\C/C=C\C/C=C\C/C=C\C/C=C\C/C=C\C/C=C\C/C=C\CCCCCCCCC(=O)OCC(COC(=O)CCCCCCC)OC(=O)CCCCCCC/C=C\C/C=C\CCCCCC. The lowest BCUT2D eigenvalue weighted by molar-refractivity contribution is -0.167. The Kier molecular flexibility index (Phi) is 54.0. The van der Waals surface area contributed by atoms with Crippen molar-refractivity contribution >= 4 is 17.9 Å². The van der Waals surface area contributed by atoms with E-state index in [0.29, 0.717) is 19.3 Å². The van der Waals surface area contributed by atoms with E-state index in [2.05, 4.69) is 142 Å². The average molecular weight is 970 g/mol. The zero-order chi connectivity index (χ0) is 50.7. The third kappa shape index (κ3) is 54.7. The summed E-state index contributed by atoms with van der Waals surface area (Å²) >= 11 is 0. The highest BCUT2D eigenvalue weighted by atomic mass is 16.6. The lowest BCUT2D eigenvalue weighted by Gasteiger charge is -2.18. The van der Waals surface area contributed by atoms with Gasteiger partial charge in [0.25, 0.3) is 0 Å². The second kappa shape index (κ2) is 57.4. The van der Waals surface area contributed by atoms with Crippen molar-refractivity contribution in [2.75, 3.05) is 13.2 Å². The first kappa shape index (κ1) is 65.8. The van der Waals surface area contributed by atoms with Gasteiger partial charge in [-0.2, -0.15) is 0 Å². The van der Waals surface area contributed by atoms with Crippen molar-refractivity contribution in [2.45, 2.75) is 252 Å². The molecule has 0 heterocycles. The lowest BCUT2D eigenvalue weighted by atomic mass is 10.1. The number of allylic oxidation sites excluding steroid dienone is 20. The zero-order valence-corrected chi connectivity index (χ0v) is 45.2. The van der Waals surface area contributed by atoms with Crippen LogP contribution in [0.2, 0.25) is 0 Å². The molecule has 0 saturated heterocycles.